The van der Waals surface area contributed by atoms with Crippen LogP contribution >= 0.6 is 23.2 Å². The van der Waals surface area contributed by atoms with Crippen LogP contribution in [0.2, 0.25) is 0 Å². The number of hydrogen-bond acceptors (Lipinski definition) is 0. The van der Waals surface area contributed by atoms with E-state index in [-0.39, 0.29) is 5.38 Å². The van der Waals surface area contributed by atoms with Gasteiger partial charge < -0.3 is 0 Å². The van der Waals surface area contributed by atoms with Gasteiger partial charge in [-0.05, 0) is 19.8 Å². The first-order valence-electron chi connectivity index (χ1n) is 3.04. The number of rotatable bonds is 2. The highest BCUT2D eigenvalue weighted by atomic mass is 35.5. The second-order valence-corrected chi connectivity index (χ2v) is 4.26. The molecular formula is C7H13Cl2. The average Bonchev–Trinajstić information content (AvgIpc) is 1.62. The van der Waals surface area contributed by atoms with E-state index in [0.29, 0.717) is 5.92 Å². The summed E-state index contributed by atoms with van der Waals surface area (Å²) in [5.41, 5.74) is 0. The Labute approximate surface area is 67.5 Å². The maximum absolute atomic E-state index is 5.90. The summed E-state index contributed by atoms with van der Waals surface area (Å²) in [6.45, 7) is 9.61. The maximum Gasteiger partial charge on any atom is 0.0584 e. The van der Waals surface area contributed by atoms with E-state index in [1.165, 1.54) is 0 Å². The van der Waals surface area contributed by atoms with Gasteiger partial charge in [0.1, 0.15) is 0 Å². The smallest absolute Gasteiger partial charge is 0.0584 e. The van der Waals surface area contributed by atoms with Crippen molar-refractivity contribution in [2.45, 2.75) is 31.0 Å². The van der Waals surface area contributed by atoms with E-state index in [2.05, 4.69) is 6.92 Å². The number of hydrogen-bond donors (Lipinski definition) is 0. The van der Waals surface area contributed by atoms with Crippen molar-refractivity contribution >= 4 is 23.2 Å². The van der Waals surface area contributed by atoms with Crippen LogP contribution in [-0.2, 0) is 0 Å². The summed E-state index contributed by atoms with van der Waals surface area (Å²) in [6, 6.07) is 0. The van der Waals surface area contributed by atoms with Gasteiger partial charge >= 0.3 is 0 Å². The van der Waals surface area contributed by atoms with Crippen molar-refractivity contribution in [3.05, 3.63) is 6.92 Å². The molecule has 0 aliphatic rings. The quantitative estimate of drug-likeness (QED) is 0.556. The van der Waals surface area contributed by atoms with Gasteiger partial charge in [0.25, 0.3) is 0 Å². The molecule has 0 N–H and O–H groups in total. The Morgan fingerprint density at radius 1 is 1.44 bits per heavy atom. The van der Waals surface area contributed by atoms with Gasteiger partial charge in [-0.1, -0.05) is 13.8 Å². The molecule has 0 bridgehead atoms. The van der Waals surface area contributed by atoms with Crippen LogP contribution in [0.5, 0.6) is 0 Å². The van der Waals surface area contributed by atoms with E-state index in [9.17, 15) is 0 Å². The highest BCUT2D eigenvalue weighted by Crippen LogP contribution is 2.28. The van der Waals surface area contributed by atoms with Crippen LogP contribution in [0.15, 0.2) is 0 Å². The minimum absolute atomic E-state index is 0.0563. The summed E-state index contributed by atoms with van der Waals surface area (Å²) in [7, 11) is 0. The zero-order valence-electron chi connectivity index (χ0n) is 6.12. The van der Waals surface area contributed by atoms with E-state index in [1.54, 1.807) is 0 Å². The van der Waals surface area contributed by atoms with Crippen LogP contribution in [0, 0.1) is 12.8 Å². The molecule has 0 amide bonds. The second kappa shape index (κ2) is 3.12. The lowest BCUT2D eigenvalue weighted by atomic mass is 9.99. The van der Waals surface area contributed by atoms with Crippen molar-refractivity contribution in [2.75, 3.05) is 0 Å². The number of alkyl halides is 2. The highest BCUT2D eigenvalue weighted by molar-refractivity contribution is 6.32. The number of halogens is 2. The lowest BCUT2D eigenvalue weighted by Gasteiger charge is -2.25. The minimum atomic E-state index is -0.532. The predicted octanol–water partition coefficient (Wildman–Crippen LogP) is 3.08. The van der Waals surface area contributed by atoms with Gasteiger partial charge in [-0.3, -0.25) is 0 Å². The first kappa shape index (κ1) is 9.58. The summed E-state index contributed by atoms with van der Waals surface area (Å²) < 4.78 is 0. The molecule has 0 aliphatic heterocycles. The van der Waals surface area contributed by atoms with Crippen LogP contribution in [-0.4, -0.2) is 10.3 Å². The molecule has 9 heavy (non-hydrogen) atoms. The van der Waals surface area contributed by atoms with Crippen LogP contribution in [0.3, 0.4) is 0 Å². The van der Waals surface area contributed by atoms with E-state index in [1.807, 2.05) is 20.8 Å². The van der Waals surface area contributed by atoms with Crippen molar-refractivity contribution in [1.29, 1.82) is 0 Å². The normalized spacial score (nSPS) is 16.3. The molecular weight excluding hydrogens is 155 g/mol. The van der Waals surface area contributed by atoms with Crippen LogP contribution in [0.1, 0.15) is 20.8 Å². The largest absolute Gasteiger partial charge is 0.121 e. The fourth-order valence-electron chi connectivity index (χ4n) is 0.695. The first-order valence-corrected chi connectivity index (χ1v) is 3.85. The van der Waals surface area contributed by atoms with Crippen molar-refractivity contribution in [1.82, 2.24) is 0 Å². The summed E-state index contributed by atoms with van der Waals surface area (Å²) in [6.07, 6.45) is 0. The van der Waals surface area contributed by atoms with Gasteiger partial charge in [0.05, 0.1) is 10.3 Å². The fraction of sp³-hybridized carbons (Fsp3) is 0.857. The maximum atomic E-state index is 5.90. The Kier molecular flexibility index (Phi) is 3.32. The van der Waals surface area contributed by atoms with Crippen LogP contribution in [0.25, 0.3) is 0 Å². The Morgan fingerprint density at radius 2 is 1.78 bits per heavy atom. The van der Waals surface area contributed by atoms with E-state index < -0.39 is 4.87 Å². The minimum Gasteiger partial charge on any atom is -0.121 e. The molecule has 0 heterocycles. The highest BCUT2D eigenvalue weighted by Gasteiger charge is 2.27. The molecule has 0 aliphatic carbocycles. The van der Waals surface area contributed by atoms with Gasteiger partial charge in [0, 0.05) is 0 Å². The molecule has 0 rings (SSSR count). The second-order valence-electron chi connectivity index (χ2n) is 2.92. The van der Waals surface area contributed by atoms with Crippen molar-refractivity contribution in [2.24, 2.45) is 5.92 Å². The van der Waals surface area contributed by atoms with Crippen LogP contribution in [0.4, 0.5) is 0 Å². The Bertz CT molecular complexity index is 81.4. The van der Waals surface area contributed by atoms with Gasteiger partial charge in [-0.25, -0.2) is 0 Å². The molecule has 0 saturated heterocycles. The molecule has 0 saturated carbocycles. The summed E-state index contributed by atoms with van der Waals surface area (Å²) in [4.78, 5) is -0.532. The molecule has 0 aromatic rings. The lowest BCUT2D eigenvalue weighted by Crippen LogP contribution is -2.30. The van der Waals surface area contributed by atoms with Crippen molar-refractivity contribution < 1.29 is 0 Å². The van der Waals surface area contributed by atoms with E-state index in [0.717, 1.165) is 0 Å². The SMILES string of the molecule is [CH2]C(C)(Cl)C(Cl)C(C)C. The molecule has 55 valence electrons. The Hall–Kier alpha value is 0.580. The third-order valence-electron chi connectivity index (χ3n) is 1.16. The molecule has 0 nitrogen and oxygen atoms in total. The van der Waals surface area contributed by atoms with Gasteiger partial charge in [0.15, 0.2) is 0 Å². The van der Waals surface area contributed by atoms with Gasteiger partial charge in [0.2, 0.25) is 0 Å². The van der Waals surface area contributed by atoms with Gasteiger partial charge in [-0.15, -0.1) is 23.2 Å². The third-order valence-corrected chi connectivity index (χ3v) is 2.49. The zero-order chi connectivity index (χ0) is 7.65. The average molecular weight is 168 g/mol. The molecule has 2 unspecified atom stereocenters. The summed E-state index contributed by atoms with van der Waals surface area (Å²) in [5.74, 6) is 0.381. The van der Waals surface area contributed by atoms with E-state index >= 15 is 0 Å². The lowest BCUT2D eigenvalue weighted by molar-refractivity contribution is 0.534. The molecule has 0 spiro atoms. The molecule has 1 radical (unpaired) electrons. The molecule has 2 atom stereocenters. The van der Waals surface area contributed by atoms with Crippen LogP contribution < -0.4 is 0 Å². The molecule has 0 fully saturated rings. The Morgan fingerprint density at radius 3 is 1.78 bits per heavy atom. The standard InChI is InChI=1S/C7H13Cl2/c1-5(2)6(8)7(3,4)9/h5-6H,3H2,1-2,4H3. The predicted molar refractivity (Wildman–Crippen MR) is 44.1 cm³/mol. The first-order chi connectivity index (χ1) is 3.85. The molecule has 0 aromatic heterocycles. The van der Waals surface area contributed by atoms with Crippen molar-refractivity contribution in [3.8, 4) is 0 Å². The monoisotopic (exact) mass is 167 g/mol. The molecule has 0 aromatic carbocycles. The summed E-state index contributed by atoms with van der Waals surface area (Å²) >= 11 is 11.7. The fourth-order valence-corrected chi connectivity index (χ4v) is 0.947. The third kappa shape index (κ3) is 3.32. The van der Waals surface area contributed by atoms with E-state index in [4.69, 9.17) is 23.2 Å². The van der Waals surface area contributed by atoms with Gasteiger partial charge in [-0.2, -0.15) is 0 Å². The summed E-state index contributed by atoms with van der Waals surface area (Å²) in [5, 5.41) is -0.0563. The topological polar surface area (TPSA) is 0 Å². The molecule has 2 heteroatoms. The van der Waals surface area contributed by atoms with Crippen molar-refractivity contribution in [3.63, 3.8) is 0 Å². The zero-order valence-corrected chi connectivity index (χ0v) is 7.63. The Balaban J connectivity index is 3.88.